The summed E-state index contributed by atoms with van der Waals surface area (Å²) in [4.78, 5) is 27.5. The largest absolute Gasteiger partial charge is 0.398 e. The smallest absolute Gasteiger partial charge is 0.258 e. The molecule has 0 spiro atoms. The van der Waals surface area contributed by atoms with E-state index in [1.807, 2.05) is 30.3 Å². The van der Waals surface area contributed by atoms with Crippen molar-refractivity contribution in [3.8, 4) is 0 Å². The van der Waals surface area contributed by atoms with Gasteiger partial charge in [0.1, 0.15) is 0 Å². The fourth-order valence-corrected chi connectivity index (χ4v) is 4.36. The highest BCUT2D eigenvalue weighted by molar-refractivity contribution is 6.08. The number of hydrogen-bond donors (Lipinski definition) is 2. The molecule has 28 heavy (non-hydrogen) atoms. The Hall–Kier alpha value is -2.82. The Kier molecular flexibility index (Phi) is 5.33. The quantitative estimate of drug-likeness (QED) is 0.780. The van der Waals surface area contributed by atoms with Gasteiger partial charge >= 0.3 is 0 Å². The first-order chi connectivity index (χ1) is 13.6. The van der Waals surface area contributed by atoms with Gasteiger partial charge in [0.05, 0.1) is 0 Å². The Morgan fingerprint density at radius 2 is 1.79 bits per heavy atom. The summed E-state index contributed by atoms with van der Waals surface area (Å²) in [6.07, 6.45) is 7.15. The number of carbonyl (C=O) groups is 2. The summed E-state index contributed by atoms with van der Waals surface area (Å²) in [6.45, 7) is 0.675. The summed E-state index contributed by atoms with van der Waals surface area (Å²) >= 11 is 0. The zero-order valence-electron chi connectivity index (χ0n) is 16.1. The number of nitrogen functional groups attached to an aromatic ring is 1. The predicted octanol–water partition coefficient (Wildman–Crippen LogP) is 4.38. The number of rotatable bonds is 3. The zero-order valence-corrected chi connectivity index (χ0v) is 16.1. The number of hydrogen-bond acceptors (Lipinski definition) is 3. The molecular weight excluding hydrogens is 350 g/mol. The molecular formula is C23H27N3O2. The van der Waals surface area contributed by atoms with Gasteiger partial charge in [-0.3, -0.25) is 9.59 Å². The molecule has 2 amide bonds. The molecule has 5 nitrogen and oxygen atoms in total. The van der Waals surface area contributed by atoms with E-state index in [2.05, 4.69) is 5.32 Å². The van der Waals surface area contributed by atoms with E-state index in [1.165, 1.54) is 6.42 Å². The molecule has 1 fully saturated rings. The van der Waals surface area contributed by atoms with Crippen LogP contribution in [0.1, 0.15) is 54.4 Å². The van der Waals surface area contributed by atoms with Gasteiger partial charge in [0.15, 0.2) is 0 Å². The Morgan fingerprint density at radius 1 is 1.00 bits per heavy atom. The average molecular weight is 377 g/mol. The number of nitrogens with one attached hydrogen (secondary N) is 1. The molecule has 0 unspecified atom stereocenters. The van der Waals surface area contributed by atoms with Gasteiger partial charge in [-0.1, -0.05) is 31.4 Å². The van der Waals surface area contributed by atoms with Crippen LogP contribution in [0.2, 0.25) is 0 Å². The molecule has 1 saturated carbocycles. The van der Waals surface area contributed by atoms with Crippen molar-refractivity contribution in [1.29, 1.82) is 0 Å². The first-order valence-electron chi connectivity index (χ1n) is 10.2. The van der Waals surface area contributed by atoms with Crippen LogP contribution >= 0.6 is 0 Å². The number of anilines is 3. The summed E-state index contributed by atoms with van der Waals surface area (Å²) in [6, 6.07) is 13.0. The molecule has 3 N–H and O–H groups in total. The van der Waals surface area contributed by atoms with Crippen molar-refractivity contribution in [2.75, 3.05) is 22.5 Å². The third-order valence-electron chi connectivity index (χ3n) is 5.88. The van der Waals surface area contributed by atoms with Crippen LogP contribution in [0.5, 0.6) is 0 Å². The molecule has 2 aromatic carbocycles. The zero-order chi connectivity index (χ0) is 19.5. The first kappa shape index (κ1) is 18.5. The Labute approximate surface area is 165 Å². The molecule has 1 heterocycles. The highest BCUT2D eigenvalue weighted by Crippen LogP contribution is 2.32. The van der Waals surface area contributed by atoms with Crippen molar-refractivity contribution in [2.24, 2.45) is 5.92 Å². The van der Waals surface area contributed by atoms with Crippen molar-refractivity contribution in [3.63, 3.8) is 0 Å². The summed E-state index contributed by atoms with van der Waals surface area (Å²) in [7, 11) is 0. The van der Waals surface area contributed by atoms with E-state index in [9.17, 15) is 9.59 Å². The lowest BCUT2D eigenvalue weighted by Gasteiger charge is -2.30. The lowest BCUT2D eigenvalue weighted by molar-refractivity contribution is -0.120. The number of amides is 2. The first-order valence-corrected chi connectivity index (χ1v) is 10.2. The minimum Gasteiger partial charge on any atom is -0.398 e. The maximum Gasteiger partial charge on any atom is 0.258 e. The van der Waals surface area contributed by atoms with Crippen LogP contribution in [-0.4, -0.2) is 18.4 Å². The summed E-state index contributed by atoms with van der Waals surface area (Å²) in [5, 5.41) is 3.01. The topological polar surface area (TPSA) is 75.4 Å². The lowest BCUT2D eigenvalue weighted by atomic mass is 9.88. The van der Waals surface area contributed by atoms with E-state index >= 15 is 0 Å². The standard InChI is InChI=1S/C23H27N3O2/c24-20-12-5-13-21-19(20)11-6-14-26(21)23(28)17-9-4-10-18(15-17)25-22(27)16-7-2-1-3-8-16/h4-5,9-10,12-13,15-16H,1-3,6-8,11,14,24H2,(H,25,27). The molecule has 0 radical (unpaired) electrons. The maximum absolute atomic E-state index is 13.2. The SMILES string of the molecule is Nc1cccc2c1CCCN2C(=O)c1cccc(NC(=O)C2CCCCC2)c1. The van der Waals surface area contributed by atoms with Crippen molar-refractivity contribution in [3.05, 3.63) is 53.6 Å². The molecule has 0 bridgehead atoms. The Balaban J connectivity index is 1.53. The highest BCUT2D eigenvalue weighted by Gasteiger charge is 2.25. The molecule has 2 aromatic rings. The number of benzene rings is 2. The second-order valence-electron chi connectivity index (χ2n) is 7.81. The van der Waals surface area contributed by atoms with Crippen LogP contribution in [0.3, 0.4) is 0 Å². The molecule has 0 aromatic heterocycles. The van der Waals surface area contributed by atoms with Gasteiger partial charge in [-0.25, -0.2) is 0 Å². The molecule has 4 rings (SSSR count). The molecule has 1 aliphatic carbocycles. The van der Waals surface area contributed by atoms with E-state index in [-0.39, 0.29) is 17.7 Å². The van der Waals surface area contributed by atoms with Gasteiger partial charge < -0.3 is 16.0 Å². The molecule has 5 heteroatoms. The second kappa shape index (κ2) is 8.05. The number of nitrogens with two attached hydrogens (primary N) is 1. The Morgan fingerprint density at radius 3 is 2.61 bits per heavy atom. The van der Waals surface area contributed by atoms with Crippen LogP contribution in [0.25, 0.3) is 0 Å². The fraction of sp³-hybridized carbons (Fsp3) is 0.391. The van der Waals surface area contributed by atoms with Crippen LogP contribution in [0.15, 0.2) is 42.5 Å². The van der Waals surface area contributed by atoms with E-state index < -0.39 is 0 Å². The van der Waals surface area contributed by atoms with E-state index in [0.29, 0.717) is 17.8 Å². The Bertz CT molecular complexity index is 887. The van der Waals surface area contributed by atoms with Gasteiger partial charge in [0.25, 0.3) is 5.91 Å². The summed E-state index contributed by atoms with van der Waals surface area (Å²) in [5.74, 6) is 0.103. The van der Waals surface area contributed by atoms with Gasteiger partial charge in [-0.05, 0) is 61.6 Å². The van der Waals surface area contributed by atoms with E-state index in [1.54, 1.807) is 17.0 Å². The summed E-state index contributed by atoms with van der Waals surface area (Å²) in [5.41, 5.74) is 10.1. The second-order valence-corrected chi connectivity index (χ2v) is 7.81. The molecule has 146 valence electrons. The van der Waals surface area contributed by atoms with Crippen LogP contribution < -0.4 is 16.0 Å². The molecule has 0 atom stereocenters. The summed E-state index contributed by atoms with van der Waals surface area (Å²) < 4.78 is 0. The average Bonchev–Trinajstić information content (AvgIpc) is 2.74. The number of fused-ring (bicyclic) bond motifs is 1. The minimum absolute atomic E-state index is 0.0553. The van der Waals surface area contributed by atoms with E-state index in [4.69, 9.17) is 5.73 Å². The molecule has 1 aliphatic heterocycles. The molecule has 0 saturated heterocycles. The van der Waals surface area contributed by atoms with Gasteiger partial charge in [0, 0.05) is 35.1 Å². The molecule has 2 aliphatic rings. The minimum atomic E-state index is -0.0553. The normalized spacial score (nSPS) is 17.1. The number of nitrogens with zero attached hydrogens (tertiary/aromatic N) is 1. The van der Waals surface area contributed by atoms with Crippen molar-refractivity contribution >= 4 is 28.9 Å². The van der Waals surface area contributed by atoms with E-state index in [0.717, 1.165) is 55.5 Å². The third kappa shape index (κ3) is 3.75. The van der Waals surface area contributed by atoms with Crippen molar-refractivity contribution < 1.29 is 9.59 Å². The highest BCUT2D eigenvalue weighted by atomic mass is 16.2. The number of carbonyl (C=O) groups excluding carboxylic acids is 2. The fourth-order valence-electron chi connectivity index (χ4n) is 4.36. The van der Waals surface area contributed by atoms with Crippen LogP contribution in [-0.2, 0) is 11.2 Å². The lowest BCUT2D eigenvalue weighted by Crippen LogP contribution is -2.35. The van der Waals surface area contributed by atoms with Gasteiger partial charge in [-0.2, -0.15) is 0 Å². The maximum atomic E-state index is 13.2. The third-order valence-corrected chi connectivity index (χ3v) is 5.88. The van der Waals surface area contributed by atoms with Crippen LogP contribution in [0, 0.1) is 5.92 Å². The van der Waals surface area contributed by atoms with Crippen molar-refractivity contribution in [2.45, 2.75) is 44.9 Å². The monoisotopic (exact) mass is 377 g/mol. The van der Waals surface area contributed by atoms with Gasteiger partial charge in [-0.15, -0.1) is 0 Å². The van der Waals surface area contributed by atoms with Crippen molar-refractivity contribution in [1.82, 2.24) is 0 Å². The van der Waals surface area contributed by atoms with Gasteiger partial charge in [0.2, 0.25) is 5.91 Å². The predicted molar refractivity (Wildman–Crippen MR) is 112 cm³/mol. The van der Waals surface area contributed by atoms with Crippen LogP contribution in [0.4, 0.5) is 17.1 Å².